The molecule has 1 N–H and O–H groups in total. The number of hydroxylamine groups is 2. The predicted molar refractivity (Wildman–Crippen MR) is 88.0 cm³/mol. The number of nitrogens with one attached hydrogen (secondary N) is 1. The van der Waals surface area contributed by atoms with Gasteiger partial charge in [0.15, 0.2) is 0 Å². The number of ether oxygens (including phenoxy) is 2. The normalized spacial score (nSPS) is 13.0. The lowest BCUT2D eigenvalue weighted by Crippen LogP contribution is -2.46. The van der Waals surface area contributed by atoms with Crippen molar-refractivity contribution in [2.75, 3.05) is 14.2 Å². The van der Waals surface area contributed by atoms with E-state index < -0.39 is 29.3 Å². The van der Waals surface area contributed by atoms with Gasteiger partial charge in [-0.1, -0.05) is 0 Å². The van der Waals surface area contributed by atoms with Crippen molar-refractivity contribution in [2.24, 2.45) is 0 Å². The first-order valence-corrected chi connectivity index (χ1v) is 7.78. The van der Waals surface area contributed by atoms with Gasteiger partial charge >= 0.3 is 12.1 Å². The van der Waals surface area contributed by atoms with E-state index in [1.54, 1.807) is 41.5 Å². The highest BCUT2D eigenvalue weighted by molar-refractivity contribution is 5.83. The summed E-state index contributed by atoms with van der Waals surface area (Å²) in [4.78, 5) is 40.8. The maximum absolute atomic E-state index is 12.3. The van der Waals surface area contributed by atoms with Crippen LogP contribution in [0.2, 0.25) is 0 Å². The maximum atomic E-state index is 12.3. The molecule has 0 unspecified atom stereocenters. The van der Waals surface area contributed by atoms with Crippen molar-refractivity contribution in [2.45, 2.75) is 71.6 Å². The van der Waals surface area contributed by atoms with Gasteiger partial charge in [0, 0.05) is 13.5 Å². The minimum atomic E-state index is -0.992. The Labute approximate surface area is 143 Å². The molecule has 140 valence electrons. The summed E-state index contributed by atoms with van der Waals surface area (Å²) in [6.07, 6.45) is -0.670. The average molecular weight is 346 g/mol. The lowest BCUT2D eigenvalue weighted by molar-refractivity contribution is -0.169. The van der Waals surface area contributed by atoms with E-state index in [1.807, 2.05) is 0 Å². The molecule has 0 fully saturated rings. The second-order valence-corrected chi connectivity index (χ2v) is 7.34. The third kappa shape index (κ3) is 10.0. The van der Waals surface area contributed by atoms with E-state index in [0.717, 1.165) is 5.06 Å². The number of carbonyl (C=O) groups is 3. The number of hydrogen-bond acceptors (Lipinski definition) is 6. The number of hydrogen-bond donors (Lipinski definition) is 1. The third-order valence-electron chi connectivity index (χ3n) is 2.65. The second kappa shape index (κ2) is 8.86. The molecule has 0 aliphatic heterocycles. The van der Waals surface area contributed by atoms with E-state index in [4.69, 9.17) is 14.3 Å². The summed E-state index contributed by atoms with van der Waals surface area (Å²) in [6.45, 7) is 10.3. The summed E-state index contributed by atoms with van der Waals surface area (Å²) >= 11 is 0. The largest absolute Gasteiger partial charge is 0.458 e. The Balaban J connectivity index is 4.92. The van der Waals surface area contributed by atoms with Crippen molar-refractivity contribution in [3.8, 4) is 0 Å². The van der Waals surface area contributed by atoms with E-state index in [-0.39, 0.29) is 18.7 Å². The fourth-order valence-corrected chi connectivity index (χ4v) is 1.60. The van der Waals surface area contributed by atoms with Crippen LogP contribution in [0.4, 0.5) is 4.79 Å². The van der Waals surface area contributed by atoms with E-state index in [0.29, 0.717) is 0 Å². The summed E-state index contributed by atoms with van der Waals surface area (Å²) in [6, 6.07) is -0.992. The second-order valence-electron chi connectivity index (χ2n) is 7.34. The fourth-order valence-electron chi connectivity index (χ4n) is 1.60. The lowest BCUT2D eigenvalue weighted by atomic mass is 10.1. The number of rotatable bonds is 6. The van der Waals surface area contributed by atoms with Gasteiger partial charge in [0.25, 0.3) is 0 Å². The molecule has 0 spiro atoms. The zero-order valence-electron chi connectivity index (χ0n) is 15.9. The highest BCUT2D eigenvalue weighted by Gasteiger charge is 2.29. The quantitative estimate of drug-likeness (QED) is 0.584. The Morgan fingerprint density at radius 3 is 1.92 bits per heavy atom. The number of amides is 2. The standard InChI is InChI=1S/C16H30N2O6/c1-15(2,3)23-13(20)11(9-10-12(19)18(7)22-8)17-14(21)24-16(4,5)6/h11H,9-10H2,1-8H3,(H,17,21)/t11-/m0/s1. The van der Waals surface area contributed by atoms with Gasteiger partial charge in [0.05, 0.1) is 7.11 Å². The average Bonchev–Trinajstić information content (AvgIpc) is 2.37. The van der Waals surface area contributed by atoms with E-state index in [9.17, 15) is 14.4 Å². The molecule has 0 rings (SSSR count). The summed E-state index contributed by atoms with van der Waals surface area (Å²) < 4.78 is 10.4. The zero-order valence-corrected chi connectivity index (χ0v) is 15.9. The molecular weight excluding hydrogens is 316 g/mol. The van der Waals surface area contributed by atoms with Crippen LogP contribution < -0.4 is 5.32 Å². The molecule has 8 heteroatoms. The molecule has 2 amide bonds. The van der Waals surface area contributed by atoms with Crippen molar-refractivity contribution in [3.05, 3.63) is 0 Å². The number of alkyl carbamates (subject to hydrolysis) is 1. The number of carbonyl (C=O) groups excluding carboxylic acids is 3. The van der Waals surface area contributed by atoms with Crippen LogP contribution >= 0.6 is 0 Å². The molecule has 0 saturated heterocycles. The van der Waals surface area contributed by atoms with Crippen LogP contribution in [0, 0.1) is 0 Å². The van der Waals surface area contributed by atoms with Gasteiger partial charge in [-0.15, -0.1) is 0 Å². The first-order chi connectivity index (χ1) is 10.7. The Morgan fingerprint density at radius 2 is 1.50 bits per heavy atom. The first kappa shape index (κ1) is 22.2. The van der Waals surface area contributed by atoms with E-state index >= 15 is 0 Å². The van der Waals surface area contributed by atoms with Gasteiger partial charge in [-0.05, 0) is 48.0 Å². The lowest BCUT2D eigenvalue weighted by Gasteiger charge is -2.26. The molecular formula is C16H30N2O6. The first-order valence-electron chi connectivity index (χ1n) is 7.78. The van der Waals surface area contributed by atoms with Gasteiger partial charge < -0.3 is 14.8 Å². The maximum Gasteiger partial charge on any atom is 0.408 e. The Morgan fingerprint density at radius 1 is 1.00 bits per heavy atom. The van der Waals surface area contributed by atoms with Gasteiger partial charge in [0.1, 0.15) is 17.2 Å². The molecule has 24 heavy (non-hydrogen) atoms. The van der Waals surface area contributed by atoms with Crippen molar-refractivity contribution >= 4 is 18.0 Å². The van der Waals surface area contributed by atoms with Gasteiger partial charge in [-0.3, -0.25) is 9.63 Å². The Kier molecular flexibility index (Phi) is 8.19. The van der Waals surface area contributed by atoms with E-state index in [2.05, 4.69) is 5.32 Å². The SMILES string of the molecule is CON(C)C(=O)CC[C@H](NC(=O)OC(C)(C)C)C(=O)OC(C)(C)C. The topological polar surface area (TPSA) is 94.2 Å². The molecule has 0 aromatic heterocycles. The molecule has 0 saturated carbocycles. The van der Waals surface area contributed by atoms with Crippen LogP contribution in [0.1, 0.15) is 54.4 Å². The molecule has 0 aromatic rings. The minimum Gasteiger partial charge on any atom is -0.458 e. The molecule has 0 bridgehead atoms. The molecule has 0 aliphatic rings. The molecule has 8 nitrogen and oxygen atoms in total. The highest BCUT2D eigenvalue weighted by atomic mass is 16.7. The van der Waals surface area contributed by atoms with Gasteiger partial charge in [-0.2, -0.15) is 0 Å². The van der Waals surface area contributed by atoms with Crippen LogP contribution in [0.25, 0.3) is 0 Å². The van der Waals surface area contributed by atoms with Crippen LogP contribution in [0.3, 0.4) is 0 Å². The number of nitrogens with zero attached hydrogens (tertiary/aromatic N) is 1. The van der Waals surface area contributed by atoms with Crippen molar-refractivity contribution < 1.29 is 28.7 Å². The van der Waals surface area contributed by atoms with Crippen LogP contribution in [0.15, 0.2) is 0 Å². The van der Waals surface area contributed by atoms with E-state index in [1.165, 1.54) is 14.2 Å². The molecule has 0 heterocycles. The van der Waals surface area contributed by atoms with Gasteiger partial charge in [0.2, 0.25) is 5.91 Å². The van der Waals surface area contributed by atoms with Crippen LogP contribution in [-0.2, 0) is 23.9 Å². The Bertz CT molecular complexity index is 450. The monoisotopic (exact) mass is 346 g/mol. The fraction of sp³-hybridized carbons (Fsp3) is 0.812. The van der Waals surface area contributed by atoms with Crippen LogP contribution in [0.5, 0.6) is 0 Å². The Hall–Kier alpha value is -1.83. The van der Waals surface area contributed by atoms with Crippen LogP contribution in [-0.4, -0.2) is 54.4 Å². The predicted octanol–water partition coefficient (Wildman–Crippen LogP) is 2.02. The molecule has 0 aromatic carbocycles. The van der Waals surface area contributed by atoms with Crippen molar-refractivity contribution in [1.82, 2.24) is 10.4 Å². The summed E-state index contributed by atoms with van der Waals surface area (Å²) in [5.41, 5.74) is -1.41. The number of esters is 1. The third-order valence-corrected chi connectivity index (χ3v) is 2.65. The highest BCUT2D eigenvalue weighted by Crippen LogP contribution is 2.13. The zero-order chi connectivity index (χ0) is 19.1. The molecule has 1 atom stereocenters. The smallest absolute Gasteiger partial charge is 0.408 e. The summed E-state index contributed by atoms with van der Waals surface area (Å²) in [7, 11) is 2.83. The molecule has 0 radical (unpaired) electrons. The molecule has 0 aliphatic carbocycles. The van der Waals surface area contributed by atoms with Gasteiger partial charge in [-0.25, -0.2) is 14.7 Å². The van der Waals surface area contributed by atoms with Crippen molar-refractivity contribution in [3.63, 3.8) is 0 Å². The minimum absolute atomic E-state index is 0.00402. The summed E-state index contributed by atoms with van der Waals surface area (Å²) in [5.74, 6) is -0.946. The van der Waals surface area contributed by atoms with Crippen molar-refractivity contribution in [1.29, 1.82) is 0 Å². The summed E-state index contributed by atoms with van der Waals surface area (Å²) in [5, 5.41) is 3.52.